The third kappa shape index (κ3) is 5.38. The molecule has 166 valence electrons. The Balaban J connectivity index is 1.31. The van der Waals surface area contributed by atoms with Crippen LogP contribution in [0.1, 0.15) is 71.4 Å². The molecule has 31 heavy (non-hydrogen) atoms. The van der Waals surface area contributed by atoms with Crippen LogP contribution >= 0.6 is 0 Å². The number of alkyl halides is 3. The highest BCUT2D eigenvalue weighted by molar-refractivity contribution is 5.94. The standard InChI is InChI=1S/C24H28F3N3O/c1-15-12-21(14-22(28-15)24(25,26)27)29-19-8-10-20(11-9-19)30-23(31)18-7-6-16-4-2-3-5-17(16)13-18/h6-7,12-14,19-20H,2-5,8-11H2,1H3,(H,28,29)(H,30,31)/t19-,20+. The summed E-state index contributed by atoms with van der Waals surface area (Å²) < 4.78 is 39.0. The first-order chi connectivity index (χ1) is 14.8. The van der Waals surface area contributed by atoms with Crippen LogP contribution in [0.25, 0.3) is 0 Å². The third-order valence-electron chi connectivity index (χ3n) is 6.29. The number of aromatic nitrogens is 1. The monoisotopic (exact) mass is 431 g/mol. The van der Waals surface area contributed by atoms with Crippen molar-refractivity contribution in [1.82, 2.24) is 10.3 Å². The Morgan fingerprint density at radius 1 is 0.968 bits per heavy atom. The van der Waals surface area contributed by atoms with E-state index in [4.69, 9.17) is 0 Å². The molecule has 2 aromatic rings. The second-order valence-corrected chi connectivity index (χ2v) is 8.74. The minimum atomic E-state index is -4.46. The molecule has 1 heterocycles. The van der Waals surface area contributed by atoms with Crippen LogP contribution < -0.4 is 10.6 Å². The summed E-state index contributed by atoms with van der Waals surface area (Å²) in [5.74, 6) is -0.0376. The molecule has 0 spiro atoms. The van der Waals surface area contributed by atoms with Gasteiger partial charge in [0.15, 0.2) is 0 Å². The van der Waals surface area contributed by atoms with Gasteiger partial charge in [-0.15, -0.1) is 0 Å². The molecule has 0 saturated heterocycles. The molecule has 1 aromatic heterocycles. The van der Waals surface area contributed by atoms with E-state index >= 15 is 0 Å². The zero-order chi connectivity index (χ0) is 22.0. The Hall–Kier alpha value is -2.57. The van der Waals surface area contributed by atoms with Crippen LogP contribution in [0.15, 0.2) is 30.3 Å². The molecule has 0 unspecified atom stereocenters. The zero-order valence-electron chi connectivity index (χ0n) is 17.7. The van der Waals surface area contributed by atoms with Crippen LogP contribution in [0.2, 0.25) is 0 Å². The van der Waals surface area contributed by atoms with Gasteiger partial charge in [-0.3, -0.25) is 4.79 Å². The van der Waals surface area contributed by atoms with Gasteiger partial charge >= 0.3 is 6.18 Å². The van der Waals surface area contributed by atoms with Crippen LogP contribution in [0.5, 0.6) is 0 Å². The maximum Gasteiger partial charge on any atom is 0.433 e. The summed E-state index contributed by atoms with van der Waals surface area (Å²) in [6.45, 7) is 1.56. The van der Waals surface area contributed by atoms with Crippen molar-refractivity contribution in [1.29, 1.82) is 0 Å². The van der Waals surface area contributed by atoms with E-state index < -0.39 is 11.9 Å². The molecule has 4 nitrogen and oxygen atoms in total. The fraction of sp³-hybridized carbons (Fsp3) is 0.500. The first-order valence-corrected chi connectivity index (χ1v) is 11.0. The molecule has 2 aliphatic carbocycles. The van der Waals surface area contributed by atoms with Gasteiger partial charge in [-0.2, -0.15) is 13.2 Å². The lowest BCUT2D eigenvalue weighted by molar-refractivity contribution is -0.141. The van der Waals surface area contributed by atoms with Crippen molar-refractivity contribution in [2.24, 2.45) is 0 Å². The maximum atomic E-state index is 13.0. The van der Waals surface area contributed by atoms with E-state index in [1.807, 2.05) is 12.1 Å². The van der Waals surface area contributed by atoms with Crippen molar-refractivity contribution in [2.45, 2.75) is 76.6 Å². The molecule has 1 amide bonds. The van der Waals surface area contributed by atoms with E-state index in [0.29, 0.717) is 16.9 Å². The summed E-state index contributed by atoms with van der Waals surface area (Å²) in [6, 6.07) is 8.90. The van der Waals surface area contributed by atoms with Crippen molar-refractivity contribution in [2.75, 3.05) is 5.32 Å². The summed E-state index contributed by atoms with van der Waals surface area (Å²) in [4.78, 5) is 16.3. The van der Waals surface area contributed by atoms with Crippen LogP contribution in [0.3, 0.4) is 0 Å². The lowest BCUT2D eigenvalue weighted by Crippen LogP contribution is -2.40. The predicted octanol–water partition coefficient (Wildman–Crippen LogP) is 5.44. The zero-order valence-corrected chi connectivity index (χ0v) is 17.7. The number of amides is 1. The molecule has 1 aromatic carbocycles. The molecule has 0 bridgehead atoms. The number of halogens is 3. The van der Waals surface area contributed by atoms with Crippen molar-refractivity contribution in [3.05, 3.63) is 58.4 Å². The number of nitrogens with zero attached hydrogens (tertiary/aromatic N) is 1. The molecule has 2 aliphatic rings. The van der Waals surface area contributed by atoms with Crippen LogP contribution in [0.4, 0.5) is 18.9 Å². The second kappa shape index (κ2) is 8.89. The maximum absolute atomic E-state index is 13.0. The minimum Gasteiger partial charge on any atom is -0.382 e. The van der Waals surface area contributed by atoms with E-state index in [1.165, 1.54) is 24.0 Å². The molecule has 7 heteroatoms. The fourth-order valence-electron chi connectivity index (χ4n) is 4.66. The van der Waals surface area contributed by atoms with E-state index in [-0.39, 0.29) is 18.0 Å². The van der Waals surface area contributed by atoms with E-state index in [0.717, 1.165) is 44.6 Å². The number of benzene rings is 1. The Labute approximate surface area is 180 Å². The molecular formula is C24H28F3N3O. The summed E-state index contributed by atoms with van der Waals surface area (Å²) in [7, 11) is 0. The summed E-state index contributed by atoms with van der Waals surface area (Å²) in [6.07, 6.45) is 3.24. The van der Waals surface area contributed by atoms with E-state index in [9.17, 15) is 18.0 Å². The Morgan fingerprint density at radius 2 is 1.65 bits per heavy atom. The van der Waals surface area contributed by atoms with Gasteiger partial charge in [0.1, 0.15) is 5.69 Å². The van der Waals surface area contributed by atoms with Gasteiger partial charge in [0.2, 0.25) is 0 Å². The first kappa shape index (κ1) is 21.7. The number of rotatable bonds is 4. The number of pyridine rings is 1. The second-order valence-electron chi connectivity index (χ2n) is 8.74. The predicted molar refractivity (Wildman–Crippen MR) is 114 cm³/mol. The molecule has 2 N–H and O–H groups in total. The smallest absolute Gasteiger partial charge is 0.382 e. The van der Waals surface area contributed by atoms with Gasteiger partial charge in [0.05, 0.1) is 0 Å². The van der Waals surface area contributed by atoms with Gasteiger partial charge in [0, 0.05) is 29.0 Å². The van der Waals surface area contributed by atoms with Crippen LogP contribution in [-0.2, 0) is 19.0 Å². The Morgan fingerprint density at radius 3 is 2.35 bits per heavy atom. The molecular weight excluding hydrogens is 403 g/mol. The summed E-state index contributed by atoms with van der Waals surface area (Å²) >= 11 is 0. The molecule has 0 radical (unpaired) electrons. The normalized spacial score (nSPS) is 21.3. The van der Waals surface area contributed by atoms with E-state index in [1.54, 1.807) is 13.0 Å². The third-order valence-corrected chi connectivity index (χ3v) is 6.29. The minimum absolute atomic E-state index is 0.0376. The van der Waals surface area contributed by atoms with Gasteiger partial charge in [-0.05, 0) is 93.7 Å². The Bertz CT molecular complexity index is 950. The van der Waals surface area contributed by atoms with Gasteiger partial charge < -0.3 is 10.6 Å². The molecule has 0 aliphatic heterocycles. The quantitative estimate of drug-likeness (QED) is 0.678. The number of anilines is 1. The number of carbonyl (C=O) groups excluding carboxylic acids is 1. The summed E-state index contributed by atoms with van der Waals surface area (Å²) in [5, 5.41) is 6.36. The first-order valence-electron chi connectivity index (χ1n) is 11.0. The number of aryl methyl sites for hydroxylation is 3. The number of nitrogens with one attached hydrogen (secondary N) is 2. The topological polar surface area (TPSA) is 54.0 Å². The van der Waals surface area contributed by atoms with Gasteiger partial charge in [0.25, 0.3) is 5.91 Å². The highest BCUT2D eigenvalue weighted by atomic mass is 19.4. The van der Waals surface area contributed by atoms with Crippen LogP contribution in [0, 0.1) is 6.92 Å². The van der Waals surface area contributed by atoms with Gasteiger partial charge in [-0.25, -0.2) is 4.98 Å². The largest absolute Gasteiger partial charge is 0.433 e. The lowest BCUT2D eigenvalue weighted by Gasteiger charge is -2.30. The number of hydrogen-bond acceptors (Lipinski definition) is 3. The highest BCUT2D eigenvalue weighted by Gasteiger charge is 2.33. The van der Waals surface area contributed by atoms with Gasteiger partial charge in [-0.1, -0.05) is 6.07 Å². The average molecular weight is 432 g/mol. The van der Waals surface area contributed by atoms with E-state index in [2.05, 4.69) is 21.7 Å². The number of hydrogen-bond donors (Lipinski definition) is 2. The number of fused-ring (bicyclic) bond motifs is 1. The SMILES string of the molecule is Cc1cc(N[C@H]2CC[C@@H](NC(=O)c3ccc4c(c3)CCCC4)CC2)cc(C(F)(F)F)n1. The summed E-state index contributed by atoms with van der Waals surface area (Å²) in [5.41, 5.74) is 3.27. The van der Waals surface area contributed by atoms with Crippen molar-refractivity contribution >= 4 is 11.6 Å². The fourth-order valence-corrected chi connectivity index (χ4v) is 4.66. The molecule has 1 fully saturated rings. The molecule has 4 rings (SSSR count). The average Bonchev–Trinajstić information content (AvgIpc) is 2.74. The van der Waals surface area contributed by atoms with Crippen molar-refractivity contribution < 1.29 is 18.0 Å². The lowest BCUT2D eigenvalue weighted by atomic mass is 9.89. The molecule has 0 atom stereocenters. The molecule has 1 saturated carbocycles. The number of carbonyl (C=O) groups is 1. The highest BCUT2D eigenvalue weighted by Crippen LogP contribution is 2.31. The van der Waals surface area contributed by atoms with Crippen molar-refractivity contribution in [3.8, 4) is 0 Å². The van der Waals surface area contributed by atoms with Crippen molar-refractivity contribution in [3.63, 3.8) is 0 Å². The Kier molecular flexibility index (Phi) is 6.21. The van der Waals surface area contributed by atoms with Crippen LogP contribution in [-0.4, -0.2) is 23.0 Å².